The number of nitrogens with one attached hydrogen (secondary N) is 2. The second-order valence-corrected chi connectivity index (χ2v) is 10.3. The standard InChI is InChI=1S/C24H27N7O4S/c32-24(29-36(33,34)20-4-2-1-3-5-20)28-23-7-6-21-22(27-23)14-18(15-25-21)19-16-26-31(17-19)9-8-30-10-12-35-13-11-30/h1-7,14-16,19H,8-13,17H2,(H2,27,28,29,32). The van der Waals surface area contributed by atoms with E-state index in [-0.39, 0.29) is 16.6 Å². The number of rotatable bonds is 7. The lowest BCUT2D eigenvalue weighted by molar-refractivity contribution is 0.0339. The summed E-state index contributed by atoms with van der Waals surface area (Å²) in [5.41, 5.74) is 2.23. The number of nitrogens with zero attached hydrogens (tertiary/aromatic N) is 5. The monoisotopic (exact) mass is 509 g/mol. The molecule has 4 heterocycles. The normalized spacial score (nSPS) is 18.4. The van der Waals surface area contributed by atoms with Crippen LogP contribution in [0.2, 0.25) is 0 Å². The molecule has 2 N–H and O–H groups in total. The fraction of sp³-hybridized carbons (Fsp3) is 0.333. The minimum absolute atomic E-state index is 0.00215. The van der Waals surface area contributed by atoms with Gasteiger partial charge in [-0.25, -0.2) is 22.9 Å². The van der Waals surface area contributed by atoms with Gasteiger partial charge in [-0.05, 0) is 35.9 Å². The van der Waals surface area contributed by atoms with Crippen molar-refractivity contribution in [3.05, 3.63) is 60.3 Å². The van der Waals surface area contributed by atoms with Crippen LogP contribution in [0.25, 0.3) is 11.0 Å². The van der Waals surface area contributed by atoms with Crippen LogP contribution in [0.15, 0.2) is 64.7 Å². The van der Waals surface area contributed by atoms with Gasteiger partial charge in [0.2, 0.25) is 0 Å². The van der Waals surface area contributed by atoms with Crippen molar-refractivity contribution in [3.63, 3.8) is 0 Å². The van der Waals surface area contributed by atoms with E-state index in [1.54, 1.807) is 30.3 Å². The van der Waals surface area contributed by atoms with Crippen molar-refractivity contribution in [2.45, 2.75) is 10.8 Å². The fourth-order valence-corrected chi connectivity index (χ4v) is 5.06. The van der Waals surface area contributed by atoms with E-state index in [0.717, 1.165) is 51.5 Å². The average molecular weight is 510 g/mol. The van der Waals surface area contributed by atoms with Crippen molar-refractivity contribution in [2.75, 3.05) is 51.3 Å². The summed E-state index contributed by atoms with van der Waals surface area (Å²) in [6.45, 7) is 6.02. The number of benzene rings is 1. The molecular weight excluding hydrogens is 482 g/mol. The molecule has 188 valence electrons. The van der Waals surface area contributed by atoms with Gasteiger partial charge in [0, 0.05) is 51.1 Å². The molecule has 3 aromatic rings. The van der Waals surface area contributed by atoms with E-state index in [4.69, 9.17) is 4.74 Å². The number of aromatic nitrogens is 2. The Morgan fingerprint density at radius 1 is 1.06 bits per heavy atom. The zero-order valence-corrected chi connectivity index (χ0v) is 20.4. The number of carbonyl (C=O) groups is 1. The zero-order valence-electron chi connectivity index (χ0n) is 19.6. The number of pyridine rings is 2. The molecule has 1 aromatic carbocycles. The highest BCUT2D eigenvalue weighted by molar-refractivity contribution is 7.90. The number of amides is 2. The molecule has 5 rings (SSSR count). The number of urea groups is 1. The van der Waals surface area contributed by atoms with Gasteiger partial charge in [0.15, 0.2) is 0 Å². The Morgan fingerprint density at radius 3 is 2.67 bits per heavy atom. The molecule has 11 nitrogen and oxygen atoms in total. The molecule has 36 heavy (non-hydrogen) atoms. The average Bonchev–Trinajstić information content (AvgIpc) is 3.37. The molecule has 0 bridgehead atoms. The maximum absolute atomic E-state index is 12.4. The lowest BCUT2D eigenvalue weighted by Gasteiger charge is -2.28. The second-order valence-electron chi connectivity index (χ2n) is 8.61. The molecule has 12 heteroatoms. The highest BCUT2D eigenvalue weighted by Crippen LogP contribution is 2.23. The van der Waals surface area contributed by atoms with Gasteiger partial charge in [-0.1, -0.05) is 18.2 Å². The predicted molar refractivity (Wildman–Crippen MR) is 135 cm³/mol. The Balaban J connectivity index is 1.21. The number of anilines is 1. The third kappa shape index (κ3) is 5.78. The third-order valence-electron chi connectivity index (χ3n) is 6.10. The summed E-state index contributed by atoms with van der Waals surface area (Å²) in [6.07, 6.45) is 3.74. The van der Waals surface area contributed by atoms with Crippen LogP contribution < -0.4 is 10.0 Å². The molecule has 1 unspecified atom stereocenters. The second kappa shape index (κ2) is 10.6. The van der Waals surface area contributed by atoms with Crippen LogP contribution in [0.5, 0.6) is 0 Å². The molecular formula is C24H27N7O4S. The van der Waals surface area contributed by atoms with Crippen LogP contribution in [0.3, 0.4) is 0 Å². The molecule has 1 fully saturated rings. The van der Waals surface area contributed by atoms with E-state index in [1.165, 1.54) is 12.1 Å². The minimum atomic E-state index is -3.99. The van der Waals surface area contributed by atoms with Gasteiger partial charge in [0.05, 0.1) is 29.1 Å². The maximum Gasteiger partial charge on any atom is 0.334 e. The van der Waals surface area contributed by atoms with Crippen LogP contribution in [-0.2, 0) is 14.8 Å². The lowest BCUT2D eigenvalue weighted by atomic mass is 10.0. The molecule has 1 saturated heterocycles. The highest BCUT2D eigenvalue weighted by Gasteiger charge is 2.22. The summed E-state index contributed by atoms with van der Waals surface area (Å²) in [5, 5.41) is 9.10. The van der Waals surface area contributed by atoms with Crippen molar-refractivity contribution in [1.82, 2.24) is 24.6 Å². The summed E-state index contributed by atoms with van der Waals surface area (Å²) in [5.74, 6) is 0.304. The first kappa shape index (κ1) is 24.1. The number of morpholine rings is 1. The Kier molecular flexibility index (Phi) is 7.07. The number of ether oxygens (including phenoxy) is 1. The van der Waals surface area contributed by atoms with E-state index < -0.39 is 16.1 Å². The quantitative estimate of drug-likeness (QED) is 0.494. The predicted octanol–water partition coefficient (Wildman–Crippen LogP) is 1.86. The van der Waals surface area contributed by atoms with Gasteiger partial charge < -0.3 is 4.74 Å². The van der Waals surface area contributed by atoms with Crippen LogP contribution in [0.4, 0.5) is 10.6 Å². The molecule has 0 saturated carbocycles. The number of sulfonamides is 1. The van der Waals surface area contributed by atoms with E-state index >= 15 is 0 Å². The van der Waals surface area contributed by atoms with Crippen molar-refractivity contribution in [3.8, 4) is 0 Å². The molecule has 2 amide bonds. The molecule has 2 aliphatic heterocycles. The van der Waals surface area contributed by atoms with E-state index in [0.29, 0.717) is 11.0 Å². The van der Waals surface area contributed by atoms with Gasteiger partial charge in [-0.15, -0.1) is 0 Å². The maximum atomic E-state index is 12.4. The summed E-state index contributed by atoms with van der Waals surface area (Å²) in [7, 11) is -3.99. The number of hydrazone groups is 1. The smallest absolute Gasteiger partial charge is 0.334 e. The molecule has 0 spiro atoms. The van der Waals surface area contributed by atoms with Crippen LogP contribution in [0, 0.1) is 0 Å². The number of fused-ring (bicyclic) bond motifs is 1. The topological polar surface area (TPSA) is 129 Å². The van der Waals surface area contributed by atoms with E-state index in [9.17, 15) is 13.2 Å². The summed E-state index contributed by atoms with van der Waals surface area (Å²) < 4.78 is 32.1. The van der Waals surface area contributed by atoms with E-state index in [1.807, 2.05) is 23.2 Å². The van der Waals surface area contributed by atoms with E-state index in [2.05, 4.69) is 30.3 Å². The minimum Gasteiger partial charge on any atom is -0.379 e. The van der Waals surface area contributed by atoms with Crippen LogP contribution >= 0.6 is 0 Å². The van der Waals surface area contributed by atoms with Gasteiger partial charge in [-0.3, -0.25) is 20.2 Å². The van der Waals surface area contributed by atoms with Gasteiger partial charge in [0.25, 0.3) is 10.0 Å². The lowest BCUT2D eigenvalue weighted by Crippen LogP contribution is -2.40. The Labute approximate surface area is 209 Å². The summed E-state index contributed by atoms with van der Waals surface area (Å²) >= 11 is 0. The van der Waals surface area contributed by atoms with Crippen LogP contribution in [0.1, 0.15) is 11.5 Å². The van der Waals surface area contributed by atoms with Crippen LogP contribution in [-0.4, -0.2) is 86.5 Å². The summed E-state index contributed by atoms with van der Waals surface area (Å²) in [4.78, 5) is 23.7. The summed E-state index contributed by atoms with van der Waals surface area (Å²) in [6, 6.07) is 12.0. The van der Waals surface area contributed by atoms with Gasteiger partial charge in [0.1, 0.15) is 5.82 Å². The Morgan fingerprint density at radius 2 is 1.86 bits per heavy atom. The van der Waals surface area contributed by atoms with Gasteiger partial charge >= 0.3 is 6.03 Å². The molecule has 2 aromatic heterocycles. The number of hydrogen-bond donors (Lipinski definition) is 2. The van der Waals surface area contributed by atoms with Crippen molar-refractivity contribution >= 4 is 39.1 Å². The first-order valence-electron chi connectivity index (χ1n) is 11.7. The van der Waals surface area contributed by atoms with Gasteiger partial charge in [-0.2, -0.15) is 5.10 Å². The zero-order chi connectivity index (χ0) is 25.0. The van der Waals surface area contributed by atoms with Crippen molar-refractivity contribution in [2.24, 2.45) is 5.10 Å². The first-order chi connectivity index (χ1) is 17.5. The van der Waals surface area contributed by atoms with Crippen molar-refractivity contribution < 1.29 is 17.9 Å². The largest absolute Gasteiger partial charge is 0.379 e. The Bertz CT molecular complexity index is 1360. The Hall–Kier alpha value is -3.61. The highest BCUT2D eigenvalue weighted by atomic mass is 32.2. The molecule has 1 atom stereocenters. The molecule has 0 radical (unpaired) electrons. The fourth-order valence-electron chi connectivity index (χ4n) is 4.14. The molecule has 0 aliphatic carbocycles. The third-order valence-corrected chi connectivity index (χ3v) is 7.45. The SMILES string of the molecule is O=C(Nc1ccc2ncc(C3C=NN(CCN4CCOCC4)C3)cc2n1)NS(=O)(=O)c1ccccc1. The number of hydrogen-bond acceptors (Lipinski definition) is 9. The molecule has 2 aliphatic rings. The number of carbonyl (C=O) groups excluding carboxylic acids is 1. The van der Waals surface area contributed by atoms with Crippen molar-refractivity contribution in [1.29, 1.82) is 0 Å². The first-order valence-corrected chi connectivity index (χ1v) is 13.2.